The molecule has 0 atom stereocenters. The van der Waals surface area contributed by atoms with Gasteiger partial charge in [-0.05, 0) is 32.0 Å². The Bertz CT molecular complexity index is 757. The normalized spacial score (nSPS) is 10.3. The van der Waals surface area contributed by atoms with Crippen molar-refractivity contribution in [3.8, 4) is 11.3 Å². The van der Waals surface area contributed by atoms with E-state index in [1.165, 1.54) is 13.2 Å². The molecule has 0 fully saturated rings. The van der Waals surface area contributed by atoms with Crippen molar-refractivity contribution in [1.82, 2.24) is 9.97 Å². The molecule has 0 saturated heterocycles. The number of rotatable bonds is 6. The molecule has 0 saturated carbocycles. The van der Waals surface area contributed by atoms with Gasteiger partial charge in [-0.15, -0.1) is 0 Å². The van der Waals surface area contributed by atoms with E-state index >= 15 is 0 Å². The fraction of sp³-hybridized carbons (Fsp3) is 0.294. The molecule has 1 heterocycles. The van der Waals surface area contributed by atoms with Gasteiger partial charge in [0.2, 0.25) is 5.95 Å². The third-order valence-corrected chi connectivity index (χ3v) is 3.59. The van der Waals surface area contributed by atoms with Crippen molar-refractivity contribution < 1.29 is 14.3 Å². The minimum absolute atomic E-state index is 0.130. The third kappa shape index (κ3) is 3.68. The zero-order valence-electron chi connectivity index (χ0n) is 13.9. The molecule has 0 unspecified atom stereocenters. The molecule has 1 aromatic carbocycles. The zero-order valence-corrected chi connectivity index (χ0v) is 13.9. The molecule has 126 valence electrons. The second-order valence-corrected chi connectivity index (χ2v) is 5.05. The molecule has 0 aliphatic carbocycles. The van der Waals surface area contributed by atoms with Crippen LogP contribution < -0.4 is 10.6 Å². The number of nitrogens with two attached hydrogens (primary N) is 1. The number of esters is 1. The van der Waals surface area contributed by atoms with E-state index in [2.05, 4.69) is 9.97 Å². The van der Waals surface area contributed by atoms with Crippen molar-refractivity contribution in [3.05, 3.63) is 41.6 Å². The quantitative estimate of drug-likeness (QED) is 0.813. The maximum absolute atomic E-state index is 11.7. The van der Waals surface area contributed by atoms with E-state index in [-0.39, 0.29) is 5.69 Å². The highest BCUT2D eigenvalue weighted by Crippen LogP contribution is 2.22. The van der Waals surface area contributed by atoms with Gasteiger partial charge in [0.15, 0.2) is 0 Å². The van der Waals surface area contributed by atoms with E-state index in [9.17, 15) is 9.59 Å². The van der Waals surface area contributed by atoms with Crippen LogP contribution in [0.1, 0.15) is 34.7 Å². The molecule has 1 aromatic heterocycles. The number of methoxy groups -OCH3 is 1. The van der Waals surface area contributed by atoms with Crippen LogP contribution >= 0.6 is 0 Å². The average Bonchev–Trinajstić information content (AvgIpc) is 2.62. The molecule has 2 aromatic rings. The topological polar surface area (TPSA) is 98.4 Å². The van der Waals surface area contributed by atoms with Crippen LogP contribution in [-0.4, -0.2) is 42.0 Å². The Kier molecular flexibility index (Phi) is 5.47. The van der Waals surface area contributed by atoms with E-state index in [4.69, 9.17) is 10.5 Å². The first kappa shape index (κ1) is 17.4. The molecule has 2 N–H and O–H groups in total. The Labute approximate surface area is 140 Å². The number of ether oxygens (including phenoxy) is 1. The van der Waals surface area contributed by atoms with E-state index in [0.717, 1.165) is 0 Å². The lowest BCUT2D eigenvalue weighted by molar-refractivity contribution is 0.0600. The number of carbonyl (C=O) groups is 2. The molecule has 0 bridgehead atoms. The van der Waals surface area contributed by atoms with Crippen molar-refractivity contribution in [2.24, 2.45) is 5.73 Å². The summed E-state index contributed by atoms with van der Waals surface area (Å²) in [6.07, 6.45) is 0. The fourth-order valence-electron chi connectivity index (χ4n) is 2.28. The van der Waals surface area contributed by atoms with Gasteiger partial charge in [-0.1, -0.05) is 12.1 Å². The number of anilines is 1. The Hall–Kier alpha value is -2.96. The van der Waals surface area contributed by atoms with Crippen LogP contribution in [0.2, 0.25) is 0 Å². The minimum Gasteiger partial charge on any atom is -0.465 e. The van der Waals surface area contributed by atoms with Crippen molar-refractivity contribution in [1.29, 1.82) is 0 Å². The van der Waals surface area contributed by atoms with Gasteiger partial charge >= 0.3 is 5.97 Å². The number of primary amides is 1. The van der Waals surface area contributed by atoms with Crippen LogP contribution in [0.3, 0.4) is 0 Å². The molecule has 0 spiro atoms. The summed E-state index contributed by atoms with van der Waals surface area (Å²) in [5.74, 6) is -0.643. The zero-order chi connectivity index (χ0) is 17.7. The van der Waals surface area contributed by atoms with Gasteiger partial charge in [0.25, 0.3) is 5.91 Å². The fourth-order valence-corrected chi connectivity index (χ4v) is 2.28. The molecule has 0 radical (unpaired) electrons. The third-order valence-electron chi connectivity index (χ3n) is 3.59. The van der Waals surface area contributed by atoms with Gasteiger partial charge in [0, 0.05) is 18.7 Å². The van der Waals surface area contributed by atoms with Gasteiger partial charge in [0.1, 0.15) is 5.69 Å². The second-order valence-electron chi connectivity index (χ2n) is 5.05. The number of aromatic nitrogens is 2. The summed E-state index contributed by atoms with van der Waals surface area (Å²) in [6, 6.07) is 8.35. The van der Waals surface area contributed by atoms with E-state index < -0.39 is 11.9 Å². The molecule has 0 aliphatic rings. The summed E-state index contributed by atoms with van der Waals surface area (Å²) in [4.78, 5) is 33.9. The highest BCUT2D eigenvalue weighted by molar-refractivity contribution is 5.93. The molecule has 0 aliphatic heterocycles. The maximum Gasteiger partial charge on any atom is 0.337 e. The SMILES string of the molecule is CCN(CC)c1nc(C(N)=O)cc(-c2cccc(C(=O)OC)c2)n1. The van der Waals surface area contributed by atoms with Crippen LogP contribution in [0.25, 0.3) is 11.3 Å². The van der Waals surface area contributed by atoms with Crippen LogP contribution in [0.5, 0.6) is 0 Å². The van der Waals surface area contributed by atoms with Gasteiger partial charge < -0.3 is 15.4 Å². The Morgan fingerprint density at radius 1 is 1.17 bits per heavy atom. The van der Waals surface area contributed by atoms with E-state index in [0.29, 0.717) is 35.9 Å². The number of amides is 1. The van der Waals surface area contributed by atoms with Crippen LogP contribution in [0, 0.1) is 0 Å². The Morgan fingerprint density at radius 2 is 1.88 bits per heavy atom. The lowest BCUT2D eigenvalue weighted by Crippen LogP contribution is -2.26. The largest absolute Gasteiger partial charge is 0.465 e. The first-order chi connectivity index (χ1) is 11.5. The first-order valence-electron chi connectivity index (χ1n) is 7.62. The highest BCUT2D eigenvalue weighted by atomic mass is 16.5. The molecular weight excluding hydrogens is 308 g/mol. The van der Waals surface area contributed by atoms with Gasteiger partial charge in [-0.25, -0.2) is 14.8 Å². The van der Waals surface area contributed by atoms with Crippen LogP contribution in [0.4, 0.5) is 5.95 Å². The molecule has 7 heteroatoms. The van der Waals surface area contributed by atoms with Gasteiger partial charge in [0.05, 0.1) is 18.4 Å². The summed E-state index contributed by atoms with van der Waals surface area (Å²) in [6.45, 7) is 5.34. The van der Waals surface area contributed by atoms with E-state index in [1.807, 2.05) is 18.7 Å². The summed E-state index contributed by atoms with van der Waals surface area (Å²) in [7, 11) is 1.32. The number of carbonyl (C=O) groups excluding carboxylic acids is 2. The summed E-state index contributed by atoms with van der Waals surface area (Å²) in [5, 5.41) is 0. The van der Waals surface area contributed by atoms with Crippen LogP contribution in [-0.2, 0) is 4.74 Å². The molecule has 7 nitrogen and oxygen atoms in total. The van der Waals surface area contributed by atoms with Crippen molar-refractivity contribution in [2.45, 2.75) is 13.8 Å². The summed E-state index contributed by atoms with van der Waals surface area (Å²) >= 11 is 0. The summed E-state index contributed by atoms with van der Waals surface area (Å²) < 4.78 is 4.73. The number of hydrogen-bond acceptors (Lipinski definition) is 6. The smallest absolute Gasteiger partial charge is 0.337 e. The lowest BCUT2D eigenvalue weighted by Gasteiger charge is -2.19. The summed E-state index contributed by atoms with van der Waals surface area (Å²) in [5.41, 5.74) is 7.12. The highest BCUT2D eigenvalue weighted by Gasteiger charge is 2.15. The van der Waals surface area contributed by atoms with Crippen molar-refractivity contribution in [3.63, 3.8) is 0 Å². The standard InChI is InChI=1S/C17H20N4O3/c1-4-21(5-2)17-19-13(10-14(20-17)15(18)22)11-7-6-8-12(9-11)16(23)24-3/h6-10H,4-5H2,1-3H3,(H2,18,22). The van der Waals surface area contributed by atoms with Crippen molar-refractivity contribution in [2.75, 3.05) is 25.1 Å². The van der Waals surface area contributed by atoms with Gasteiger partial charge in [-0.2, -0.15) is 0 Å². The molecule has 24 heavy (non-hydrogen) atoms. The number of hydrogen-bond donors (Lipinski definition) is 1. The second kappa shape index (κ2) is 7.54. The predicted octanol–water partition coefficient (Wildman–Crippen LogP) is 1.88. The van der Waals surface area contributed by atoms with E-state index in [1.54, 1.807) is 24.3 Å². The lowest BCUT2D eigenvalue weighted by atomic mass is 10.1. The minimum atomic E-state index is -0.629. The predicted molar refractivity (Wildman–Crippen MR) is 90.9 cm³/mol. The molecule has 2 rings (SSSR count). The molecular formula is C17H20N4O3. The number of benzene rings is 1. The molecule has 1 amide bonds. The average molecular weight is 328 g/mol. The Morgan fingerprint density at radius 3 is 2.46 bits per heavy atom. The van der Waals surface area contributed by atoms with Gasteiger partial charge in [-0.3, -0.25) is 4.79 Å². The van der Waals surface area contributed by atoms with Crippen LogP contribution in [0.15, 0.2) is 30.3 Å². The van der Waals surface area contributed by atoms with Crippen molar-refractivity contribution >= 4 is 17.8 Å². The monoisotopic (exact) mass is 328 g/mol. The number of nitrogens with zero attached hydrogens (tertiary/aromatic N) is 3. The maximum atomic E-state index is 11.7. The first-order valence-corrected chi connectivity index (χ1v) is 7.62. The Balaban J connectivity index is 2.57.